The SMILES string of the molecule is CCc1ccc(-c2noc(-c3cc(-c4ccccc4)c(C(F)(F)F)s3)n2)cc1. The van der Waals surface area contributed by atoms with Gasteiger partial charge in [-0.25, -0.2) is 0 Å². The number of aromatic nitrogens is 2. The van der Waals surface area contributed by atoms with Gasteiger partial charge < -0.3 is 4.52 Å². The molecule has 4 aromatic rings. The van der Waals surface area contributed by atoms with Crippen molar-refractivity contribution in [1.29, 1.82) is 0 Å². The summed E-state index contributed by atoms with van der Waals surface area (Å²) in [5.41, 5.74) is 2.53. The second kappa shape index (κ2) is 7.24. The Hall–Kier alpha value is -2.93. The van der Waals surface area contributed by atoms with Gasteiger partial charge in [-0.3, -0.25) is 0 Å². The minimum absolute atomic E-state index is 0.0762. The highest BCUT2D eigenvalue weighted by Gasteiger charge is 2.37. The molecule has 0 N–H and O–H groups in total. The van der Waals surface area contributed by atoms with E-state index in [1.165, 1.54) is 11.6 Å². The van der Waals surface area contributed by atoms with Crippen LogP contribution in [0, 0.1) is 0 Å². The molecule has 2 heterocycles. The Morgan fingerprint density at radius 3 is 2.32 bits per heavy atom. The van der Waals surface area contributed by atoms with Crippen LogP contribution in [-0.2, 0) is 12.6 Å². The van der Waals surface area contributed by atoms with Crippen LogP contribution in [0.2, 0.25) is 0 Å². The summed E-state index contributed by atoms with van der Waals surface area (Å²) < 4.78 is 45.9. The molecule has 0 radical (unpaired) electrons. The van der Waals surface area contributed by atoms with Gasteiger partial charge in [0.25, 0.3) is 5.89 Å². The van der Waals surface area contributed by atoms with Crippen LogP contribution >= 0.6 is 11.3 Å². The Kier molecular flexibility index (Phi) is 4.77. The van der Waals surface area contributed by atoms with Crippen molar-refractivity contribution >= 4 is 11.3 Å². The Bertz CT molecular complexity index is 1080. The molecule has 28 heavy (non-hydrogen) atoms. The van der Waals surface area contributed by atoms with E-state index in [1.807, 2.05) is 24.3 Å². The van der Waals surface area contributed by atoms with Crippen molar-refractivity contribution in [3.05, 3.63) is 71.1 Å². The summed E-state index contributed by atoms with van der Waals surface area (Å²) in [6.07, 6.45) is -3.55. The first-order valence-electron chi connectivity index (χ1n) is 8.65. The smallest absolute Gasteiger partial charge is 0.333 e. The third kappa shape index (κ3) is 3.57. The molecule has 0 unspecified atom stereocenters. The van der Waals surface area contributed by atoms with Crippen LogP contribution < -0.4 is 0 Å². The molecule has 0 saturated heterocycles. The van der Waals surface area contributed by atoms with Crippen molar-refractivity contribution in [2.75, 3.05) is 0 Å². The summed E-state index contributed by atoms with van der Waals surface area (Å²) in [5.74, 6) is 0.424. The van der Waals surface area contributed by atoms with Gasteiger partial charge in [-0.15, -0.1) is 11.3 Å². The van der Waals surface area contributed by atoms with Crippen molar-refractivity contribution in [2.24, 2.45) is 0 Å². The molecule has 0 fully saturated rings. The summed E-state index contributed by atoms with van der Waals surface area (Å²) in [7, 11) is 0. The summed E-state index contributed by atoms with van der Waals surface area (Å²) in [6.45, 7) is 2.06. The normalized spacial score (nSPS) is 11.7. The number of nitrogens with zero attached hydrogens (tertiary/aromatic N) is 2. The molecule has 142 valence electrons. The monoisotopic (exact) mass is 400 g/mol. The van der Waals surface area contributed by atoms with Crippen molar-refractivity contribution in [3.63, 3.8) is 0 Å². The van der Waals surface area contributed by atoms with E-state index in [2.05, 4.69) is 17.1 Å². The first kappa shape index (κ1) is 18.4. The number of thiophene rings is 1. The molecule has 2 aromatic heterocycles. The lowest BCUT2D eigenvalue weighted by atomic mass is 10.1. The lowest BCUT2D eigenvalue weighted by Crippen LogP contribution is -2.03. The van der Waals surface area contributed by atoms with E-state index in [-0.39, 0.29) is 16.3 Å². The number of hydrogen-bond donors (Lipinski definition) is 0. The molecule has 3 nitrogen and oxygen atoms in total. The topological polar surface area (TPSA) is 38.9 Å². The van der Waals surface area contributed by atoms with Crippen LogP contribution in [0.15, 0.2) is 65.2 Å². The number of benzene rings is 2. The average molecular weight is 400 g/mol. The van der Waals surface area contributed by atoms with E-state index in [1.54, 1.807) is 30.3 Å². The van der Waals surface area contributed by atoms with Gasteiger partial charge in [0.05, 0.1) is 4.88 Å². The van der Waals surface area contributed by atoms with Gasteiger partial charge in [0.1, 0.15) is 4.88 Å². The van der Waals surface area contributed by atoms with Gasteiger partial charge >= 0.3 is 6.18 Å². The molecule has 0 atom stereocenters. The highest BCUT2D eigenvalue weighted by molar-refractivity contribution is 7.16. The molecule has 0 spiro atoms. The van der Waals surface area contributed by atoms with Gasteiger partial charge in [-0.2, -0.15) is 18.2 Å². The van der Waals surface area contributed by atoms with Gasteiger partial charge in [-0.05, 0) is 23.6 Å². The predicted molar refractivity (Wildman–Crippen MR) is 103 cm³/mol. The van der Waals surface area contributed by atoms with E-state index in [0.717, 1.165) is 12.0 Å². The van der Waals surface area contributed by atoms with Crippen LogP contribution in [0.25, 0.3) is 33.3 Å². The average Bonchev–Trinajstić information content (AvgIpc) is 3.36. The maximum atomic E-state index is 13.5. The molecule has 2 aromatic carbocycles. The Labute approximate surface area is 163 Å². The van der Waals surface area contributed by atoms with Gasteiger partial charge in [0, 0.05) is 11.1 Å². The van der Waals surface area contributed by atoms with Crippen LogP contribution in [0.3, 0.4) is 0 Å². The maximum Gasteiger partial charge on any atom is 0.426 e. The minimum Gasteiger partial charge on any atom is -0.333 e. The van der Waals surface area contributed by atoms with Gasteiger partial charge in [0.15, 0.2) is 0 Å². The zero-order valence-corrected chi connectivity index (χ0v) is 15.6. The van der Waals surface area contributed by atoms with Crippen molar-refractivity contribution < 1.29 is 17.7 Å². The molecule has 0 bridgehead atoms. The van der Waals surface area contributed by atoms with Crippen LogP contribution in [0.4, 0.5) is 13.2 Å². The Balaban J connectivity index is 1.74. The zero-order valence-electron chi connectivity index (χ0n) is 14.8. The summed E-state index contributed by atoms with van der Waals surface area (Å²) in [6, 6.07) is 17.6. The van der Waals surface area contributed by atoms with Crippen LogP contribution in [-0.4, -0.2) is 10.1 Å². The summed E-state index contributed by atoms with van der Waals surface area (Å²) in [5, 5.41) is 3.93. The first-order valence-corrected chi connectivity index (χ1v) is 9.47. The van der Waals surface area contributed by atoms with Crippen LogP contribution in [0.5, 0.6) is 0 Å². The van der Waals surface area contributed by atoms with E-state index < -0.39 is 11.1 Å². The number of halogens is 3. The summed E-state index contributed by atoms with van der Waals surface area (Å²) >= 11 is 0.608. The van der Waals surface area contributed by atoms with E-state index >= 15 is 0 Å². The summed E-state index contributed by atoms with van der Waals surface area (Å²) in [4.78, 5) is 3.91. The molecular weight excluding hydrogens is 385 g/mol. The van der Waals surface area contributed by atoms with Crippen molar-refractivity contribution in [3.8, 4) is 33.3 Å². The van der Waals surface area contributed by atoms with E-state index in [9.17, 15) is 13.2 Å². The molecular formula is C21H15F3N2OS. The fraction of sp³-hybridized carbons (Fsp3) is 0.143. The van der Waals surface area contributed by atoms with Crippen molar-refractivity contribution in [1.82, 2.24) is 10.1 Å². The lowest BCUT2D eigenvalue weighted by molar-refractivity contribution is -0.133. The standard InChI is InChI=1S/C21H15F3N2OS/c1-2-13-8-10-15(11-9-13)19-25-20(27-26-19)17-12-16(14-6-4-3-5-7-14)18(28-17)21(22,23)24/h3-12H,2H2,1H3. The largest absolute Gasteiger partial charge is 0.426 e. The second-order valence-electron chi connectivity index (χ2n) is 6.19. The minimum atomic E-state index is -4.47. The number of rotatable bonds is 4. The van der Waals surface area contributed by atoms with Crippen LogP contribution in [0.1, 0.15) is 17.4 Å². The molecule has 7 heteroatoms. The number of aryl methyl sites for hydroxylation is 1. The van der Waals surface area contributed by atoms with E-state index in [0.29, 0.717) is 22.7 Å². The third-order valence-electron chi connectivity index (χ3n) is 4.33. The quantitative estimate of drug-likeness (QED) is 0.382. The fourth-order valence-corrected chi connectivity index (χ4v) is 3.84. The lowest BCUT2D eigenvalue weighted by Gasteiger charge is -2.07. The fourth-order valence-electron chi connectivity index (χ4n) is 2.87. The van der Waals surface area contributed by atoms with Gasteiger partial charge in [0.2, 0.25) is 5.82 Å². The maximum absolute atomic E-state index is 13.5. The molecule has 0 aliphatic carbocycles. The molecule has 0 aliphatic heterocycles. The predicted octanol–water partition coefficient (Wildman–Crippen LogP) is 6.71. The highest BCUT2D eigenvalue weighted by atomic mass is 32.1. The second-order valence-corrected chi connectivity index (χ2v) is 7.24. The molecule has 0 amide bonds. The molecule has 0 saturated carbocycles. The number of alkyl halides is 3. The first-order chi connectivity index (χ1) is 13.5. The Morgan fingerprint density at radius 2 is 1.68 bits per heavy atom. The highest BCUT2D eigenvalue weighted by Crippen LogP contribution is 2.45. The third-order valence-corrected chi connectivity index (χ3v) is 5.50. The molecule has 4 rings (SSSR count). The van der Waals surface area contributed by atoms with Gasteiger partial charge in [-0.1, -0.05) is 66.7 Å². The zero-order chi connectivity index (χ0) is 19.7. The van der Waals surface area contributed by atoms with Crippen molar-refractivity contribution in [2.45, 2.75) is 19.5 Å². The number of hydrogen-bond acceptors (Lipinski definition) is 4. The Morgan fingerprint density at radius 1 is 0.964 bits per heavy atom. The molecule has 0 aliphatic rings. The van der Waals surface area contributed by atoms with E-state index in [4.69, 9.17) is 4.52 Å².